The van der Waals surface area contributed by atoms with Crippen molar-refractivity contribution in [1.82, 2.24) is 0 Å². The molecule has 1 saturated heterocycles. The number of aliphatic hydroxyl groups is 1. The second-order valence-corrected chi connectivity index (χ2v) is 11.8. The van der Waals surface area contributed by atoms with Gasteiger partial charge in [0.2, 0.25) is 0 Å². The number of esters is 1. The highest BCUT2D eigenvalue weighted by Gasteiger charge is 2.52. The first-order valence-corrected chi connectivity index (χ1v) is 14.4. The summed E-state index contributed by atoms with van der Waals surface area (Å²) in [6, 6.07) is 8.78. The summed E-state index contributed by atoms with van der Waals surface area (Å²) in [5.41, 5.74) is 3.00. The molecule has 4 rings (SSSR count). The molecule has 2 aliphatic rings. The van der Waals surface area contributed by atoms with Gasteiger partial charge in [-0.2, -0.15) is 0 Å². The number of nitrogens with one attached hydrogen (secondary N) is 2. The van der Waals surface area contributed by atoms with E-state index in [9.17, 15) is 14.7 Å². The highest BCUT2D eigenvalue weighted by molar-refractivity contribution is 7.16. The lowest BCUT2D eigenvalue weighted by molar-refractivity contribution is -0.937. The van der Waals surface area contributed by atoms with Gasteiger partial charge in [0.1, 0.15) is 11.0 Å². The average molecular weight is 529 g/mol. The van der Waals surface area contributed by atoms with Crippen LogP contribution in [0.4, 0.5) is 10.7 Å². The first kappa shape index (κ1) is 27.6. The number of methoxy groups -OCH3 is 1. The Kier molecular flexibility index (Phi) is 8.61. The van der Waals surface area contributed by atoms with E-state index in [2.05, 4.69) is 48.3 Å². The van der Waals surface area contributed by atoms with Crippen LogP contribution in [0.15, 0.2) is 24.3 Å². The van der Waals surface area contributed by atoms with Gasteiger partial charge in [0.05, 0.1) is 24.8 Å². The number of quaternary nitrogens is 1. The van der Waals surface area contributed by atoms with Crippen LogP contribution in [0.5, 0.6) is 0 Å². The van der Waals surface area contributed by atoms with Crippen LogP contribution in [0, 0.1) is 19.8 Å². The van der Waals surface area contributed by atoms with E-state index in [-0.39, 0.29) is 24.4 Å². The smallest absolute Gasteiger partial charge is 0.341 e. The molecule has 1 aromatic heterocycles. The summed E-state index contributed by atoms with van der Waals surface area (Å²) in [6.45, 7) is 11.1. The first-order chi connectivity index (χ1) is 17.7. The molecule has 2 heterocycles. The maximum Gasteiger partial charge on any atom is 0.341 e. The van der Waals surface area contributed by atoms with Crippen molar-refractivity contribution in [2.45, 2.75) is 71.4 Å². The van der Waals surface area contributed by atoms with Crippen LogP contribution in [0.1, 0.15) is 78.4 Å². The first-order valence-electron chi connectivity index (χ1n) is 13.6. The Balaban J connectivity index is 1.60. The highest BCUT2D eigenvalue weighted by Crippen LogP contribution is 2.44. The van der Waals surface area contributed by atoms with Crippen LogP contribution in [-0.2, 0) is 9.53 Å². The maximum absolute atomic E-state index is 13.4. The summed E-state index contributed by atoms with van der Waals surface area (Å²) in [5, 5.41) is 15.2. The summed E-state index contributed by atoms with van der Waals surface area (Å²) in [7, 11) is 1.36. The van der Waals surface area contributed by atoms with Crippen LogP contribution >= 0.6 is 11.3 Å². The number of anilines is 2. The van der Waals surface area contributed by atoms with Crippen molar-refractivity contribution in [1.29, 1.82) is 0 Å². The topological polar surface area (TPSA) is 83.3 Å². The summed E-state index contributed by atoms with van der Waals surface area (Å²) in [4.78, 5) is 30.2. The number of benzene rings is 1. The number of rotatable bonds is 8. The van der Waals surface area contributed by atoms with Crippen molar-refractivity contribution in [3.63, 3.8) is 0 Å². The molecule has 0 bridgehead atoms. The predicted octanol–water partition coefficient (Wildman–Crippen LogP) is 3.89. The Labute approximate surface area is 224 Å². The molecule has 2 fully saturated rings. The lowest BCUT2D eigenvalue weighted by atomic mass is 9.66. The fraction of sp³-hybridized carbons (Fsp3) is 0.586. The SMILES string of the molecule is CCN(CC)c1ccc([C@@H]2[C@H]3CCCC[C@@]3(O)CC[NH+]2CC(=O)Nc2sc(C)c(C)c2C(=O)OC)cc1. The molecule has 1 unspecified atom stereocenters. The Hall–Kier alpha value is -2.42. The third-order valence-electron chi connectivity index (χ3n) is 8.58. The summed E-state index contributed by atoms with van der Waals surface area (Å²) < 4.78 is 4.97. The molecule has 4 atom stereocenters. The van der Waals surface area contributed by atoms with E-state index in [0.29, 0.717) is 17.0 Å². The van der Waals surface area contributed by atoms with Crippen molar-refractivity contribution < 1.29 is 24.3 Å². The fourth-order valence-corrected chi connectivity index (χ4v) is 7.51. The summed E-state index contributed by atoms with van der Waals surface area (Å²) in [6.07, 6.45) is 4.68. The zero-order valence-corrected chi connectivity index (χ0v) is 23.7. The van der Waals surface area contributed by atoms with Gasteiger partial charge >= 0.3 is 5.97 Å². The molecule has 7 nitrogen and oxygen atoms in total. The second kappa shape index (κ2) is 11.5. The molecular weight excluding hydrogens is 486 g/mol. The summed E-state index contributed by atoms with van der Waals surface area (Å²) in [5.74, 6) is -0.428. The molecule has 8 heteroatoms. The minimum atomic E-state index is -0.666. The number of amides is 1. The van der Waals surface area contributed by atoms with Crippen molar-refractivity contribution >= 4 is 33.9 Å². The fourth-order valence-electron chi connectivity index (χ4n) is 6.44. The standard InChI is InChI=1S/C29H41N3O4S/c1-6-31(7-2)22-13-11-21(12-14-22)26-23-10-8-9-15-29(23,35)16-17-32(26)18-24(33)30-27-25(28(34)36-5)19(3)20(4)37-27/h11-14,23,26,35H,6-10,15-18H2,1-5H3,(H,30,33)/p+1/t23-,26-,29-/m1/s1. The Morgan fingerprint density at radius 2 is 1.86 bits per heavy atom. The second-order valence-electron chi connectivity index (χ2n) is 10.6. The normalized spacial score (nSPS) is 25.3. The zero-order chi connectivity index (χ0) is 26.7. The number of aryl methyl sites for hydroxylation is 1. The number of fused-ring (bicyclic) bond motifs is 1. The molecular formula is C29H42N3O4S+. The zero-order valence-electron chi connectivity index (χ0n) is 22.9. The number of carbonyl (C=O) groups is 2. The molecule has 1 aromatic carbocycles. The minimum Gasteiger partial charge on any atom is -0.465 e. The largest absolute Gasteiger partial charge is 0.465 e. The lowest BCUT2D eigenvalue weighted by Crippen LogP contribution is -3.16. The maximum atomic E-state index is 13.4. The third-order valence-corrected chi connectivity index (χ3v) is 9.71. The number of nitrogens with zero attached hydrogens (tertiary/aromatic N) is 1. The van der Waals surface area contributed by atoms with E-state index in [1.807, 2.05) is 13.8 Å². The van der Waals surface area contributed by atoms with Gasteiger partial charge in [-0.05, 0) is 58.2 Å². The van der Waals surface area contributed by atoms with E-state index < -0.39 is 11.6 Å². The number of thiophene rings is 1. The van der Waals surface area contributed by atoms with E-state index in [1.54, 1.807) is 0 Å². The minimum absolute atomic E-state index is 0.0439. The van der Waals surface area contributed by atoms with Crippen LogP contribution in [0.2, 0.25) is 0 Å². The molecule has 2 aromatic rings. The molecule has 3 N–H and O–H groups in total. The van der Waals surface area contributed by atoms with Crippen LogP contribution in [-0.4, -0.2) is 55.9 Å². The van der Waals surface area contributed by atoms with Gasteiger partial charge in [0.25, 0.3) is 5.91 Å². The molecule has 1 aliphatic carbocycles. The van der Waals surface area contributed by atoms with Gasteiger partial charge in [0, 0.05) is 41.6 Å². The van der Waals surface area contributed by atoms with E-state index in [4.69, 9.17) is 4.74 Å². The molecule has 1 saturated carbocycles. The van der Waals surface area contributed by atoms with Crippen molar-refractivity contribution in [3.05, 3.63) is 45.8 Å². The quantitative estimate of drug-likeness (QED) is 0.453. The summed E-state index contributed by atoms with van der Waals surface area (Å²) >= 11 is 1.41. The Bertz CT molecular complexity index is 1110. The van der Waals surface area contributed by atoms with Crippen LogP contribution in [0.25, 0.3) is 0 Å². The average Bonchev–Trinajstić information content (AvgIpc) is 3.17. The van der Waals surface area contributed by atoms with Gasteiger partial charge in [-0.1, -0.05) is 25.0 Å². The van der Waals surface area contributed by atoms with Crippen LogP contribution in [0.3, 0.4) is 0 Å². The van der Waals surface area contributed by atoms with Gasteiger partial charge in [-0.25, -0.2) is 4.79 Å². The predicted molar refractivity (Wildman–Crippen MR) is 149 cm³/mol. The molecule has 1 amide bonds. The van der Waals surface area contributed by atoms with E-state index in [1.165, 1.54) is 34.6 Å². The highest BCUT2D eigenvalue weighted by atomic mass is 32.1. The van der Waals surface area contributed by atoms with Crippen molar-refractivity contribution in [2.24, 2.45) is 5.92 Å². The van der Waals surface area contributed by atoms with Crippen LogP contribution < -0.4 is 15.1 Å². The van der Waals surface area contributed by atoms with Crippen molar-refractivity contribution in [3.8, 4) is 0 Å². The molecule has 1 aliphatic heterocycles. The molecule has 0 spiro atoms. The number of hydrogen-bond donors (Lipinski definition) is 3. The Morgan fingerprint density at radius 3 is 2.51 bits per heavy atom. The number of hydrogen-bond acceptors (Lipinski definition) is 6. The molecule has 202 valence electrons. The molecule has 37 heavy (non-hydrogen) atoms. The van der Waals surface area contributed by atoms with Crippen molar-refractivity contribution in [2.75, 3.05) is 43.5 Å². The lowest BCUT2D eigenvalue weighted by Gasteiger charge is -2.50. The van der Waals surface area contributed by atoms with Gasteiger partial charge in [-0.3, -0.25) is 4.79 Å². The van der Waals surface area contributed by atoms with E-state index >= 15 is 0 Å². The third kappa shape index (κ3) is 5.56. The number of ether oxygens (including phenoxy) is 1. The van der Waals surface area contributed by atoms with Gasteiger partial charge in [-0.15, -0.1) is 11.3 Å². The number of likely N-dealkylation sites (tertiary alicyclic amines) is 1. The molecule has 0 radical (unpaired) electrons. The monoisotopic (exact) mass is 528 g/mol. The van der Waals surface area contributed by atoms with Gasteiger partial charge < -0.3 is 25.0 Å². The Morgan fingerprint density at radius 1 is 1.16 bits per heavy atom. The number of carbonyl (C=O) groups excluding carboxylic acids is 2. The van der Waals surface area contributed by atoms with E-state index in [0.717, 1.165) is 55.8 Å². The van der Waals surface area contributed by atoms with Gasteiger partial charge in [0.15, 0.2) is 6.54 Å². The number of piperidine rings is 1.